The number of hydrogen-bond acceptors (Lipinski definition) is 5. The number of allylic oxidation sites excluding steroid dienone is 1. The summed E-state index contributed by atoms with van der Waals surface area (Å²) in [5, 5.41) is 18.9. The van der Waals surface area contributed by atoms with Gasteiger partial charge in [0.15, 0.2) is 5.78 Å². The maximum Gasteiger partial charge on any atom is 0.189 e. The molecule has 0 amide bonds. The van der Waals surface area contributed by atoms with E-state index in [9.17, 15) is 15.0 Å². The van der Waals surface area contributed by atoms with Crippen molar-refractivity contribution in [3.8, 4) is 17.2 Å². The quantitative estimate of drug-likeness (QED) is 0.633. The van der Waals surface area contributed by atoms with Crippen LogP contribution in [0.15, 0.2) is 42.5 Å². The van der Waals surface area contributed by atoms with Gasteiger partial charge in [0.25, 0.3) is 0 Å². The Morgan fingerprint density at radius 2 is 1.91 bits per heavy atom. The van der Waals surface area contributed by atoms with Crippen molar-refractivity contribution >= 4 is 11.9 Å². The lowest BCUT2D eigenvalue weighted by Gasteiger charge is -2.08. The second-order valence-corrected chi connectivity index (χ2v) is 4.90. The first-order valence-corrected chi connectivity index (χ1v) is 6.95. The van der Waals surface area contributed by atoms with Gasteiger partial charge in [-0.25, -0.2) is 0 Å². The summed E-state index contributed by atoms with van der Waals surface area (Å²) in [6.07, 6.45) is 3.01. The highest BCUT2D eigenvalue weighted by Gasteiger charge is 2.09. The molecular weight excluding hydrogens is 296 g/mol. The molecule has 0 fully saturated rings. The third-order valence-electron chi connectivity index (χ3n) is 3.28. The maximum atomic E-state index is 12.1. The van der Waals surface area contributed by atoms with Crippen molar-refractivity contribution in [1.29, 1.82) is 0 Å². The Bertz CT molecular complexity index is 734. The number of benzene rings is 2. The number of methoxy groups -OCH3 is 2. The van der Waals surface area contributed by atoms with Crippen LogP contribution < -0.4 is 4.74 Å². The van der Waals surface area contributed by atoms with Crippen LogP contribution in [0.25, 0.3) is 6.08 Å². The molecule has 23 heavy (non-hydrogen) atoms. The minimum atomic E-state index is -0.355. The van der Waals surface area contributed by atoms with Crippen LogP contribution in [0.1, 0.15) is 21.5 Å². The second kappa shape index (κ2) is 7.47. The van der Waals surface area contributed by atoms with Gasteiger partial charge in [0.1, 0.15) is 17.2 Å². The largest absolute Gasteiger partial charge is 0.508 e. The summed E-state index contributed by atoms with van der Waals surface area (Å²) in [6.45, 7) is 0.400. The molecule has 0 saturated carbocycles. The lowest BCUT2D eigenvalue weighted by molar-refractivity contribution is 0.104. The van der Waals surface area contributed by atoms with E-state index in [1.807, 2.05) is 12.1 Å². The summed E-state index contributed by atoms with van der Waals surface area (Å²) in [7, 11) is 3.18. The molecule has 0 spiro atoms. The van der Waals surface area contributed by atoms with Crippen LogP contribution in [0, 0.1) is 0 Å². The summed E-state index contributed by atoms with van der Waals surface area (Å²) in [4.78, 5) is 12.1. The average molecular weight is 314 g/mol. The van der Waals surface area contributed by atoms with Crippen LogP contribution in [0.2, 0.25) is 0 Å². The maximum absolute atomic E-state index is 12.1. The number of ether oxygens (including phenoxy) is 2. The van der Waals surface area contributed by atoms with E-state index in [1.165, 1.54) is 18.2 Å². The molecule has 0 aliphatic heterocycles. The van der Waals surface area contributed by atoms with Crippen LogP contribution in [0.3, 0.4) is 0 Å². The number of phenolic OH excluding ortho intramolecular Hbond substituents is 2. The number of rotatable bonds is 6. The van der Waals surface area contributed by atoms with Gasteiger partial charge in [0, 0.05) is 18.7 Å². The Morgan fingerprint density at radius 3 is 2.57 bits per heavy atom. The van der Waals surface area contributed by atoms with Crippen molar-refractivity contribution in [3.05, 3.63) is 59.2 Å². The molecule has 0 unspecified atom stereocenters. The standard InChI is InChI=1S/C18H18O5/c1-22-11-13-9-12(4-8-18(13)23-2)3-7-16(20)15-6-5-14(19)10-17(15)21/h3-10,19,21H,11H2,1-2H3/b7-3+. The van der Waals surface area contributed by atoms with E-state index in [0.29, 0.717) is 12.4 Å². The van der Waals surface area contributed by atoms with E-state index in [4.69, 9.17) is 9.47 Å². The van der Waals surface area contributed by atoms with Gasteiger partial charge in [-0.2, -0.15) is 0 Å². The van der Waals surface area contributed by atoms with E-state index < -0.39 is 0 Å². The minimum Gasteiger partial charge on any atom is -0.508 e. The Kier molecular flexibility index (Phi) is 5.38. The SMILES string of the molecule is COCc1cc(/C=C/C(=O)c2ccc(O)cc2O)ccc1OC. The number of carbonyl (C=O) groups is 1. The fraction of sp³-hybridized carbons (Fsp3) is 0.167. The zero-order valence-electron chi connectivity index (χ0n) is 12.9. The van der Waals surface area contributed by atoms with Crippen molar-refractivity contribution < 1.29 is 24.5 Å². The van der Waals surface area contributed by atoms with Crippen molar-refractivity contribution in [2.24, 2.45) is 0 Å². The van der Waals surface area contributed by atoms with Gasteiger partial charge in [0.05, 0.1) is 19.3 Å². The molecule has 120 valence electrons. The van der Waals surface area contributed by atoms with Crippen LogP contribution in [0.4, 0.5) is 0 Å². The van der Waals surface area contributed by atoms with Crippen LogP contribution in [-0.2, 0) is 11.3 Å². The third-order valence-corrected chi connectivity index (χ3v) is 3.28. The molecule has 0 bridgehead atoms. The molecule has 5 heteroatoms. The Balaban J connectivity index is 2.22. The van der Waals surface area contributed by atoms with Crippen LogP contribution in [0.5, 0.6) is 17.2 Å². The molecule has 0 aliphatic carbocycles. The summed E-state index contributed by atoms with van der Waals surface area (Å²) in [6, 6.07) is 9.34. The van der Waals surface area contributed by atoms with E-state index in [-0.39, 0.29) is 22.8 Å². The van der Waals surface area contributed by atoms with Crippen LogP contribution in [-0.4, -0.2) is 30.2 Å². The first kappa shape index (κ1) is 16.6. The zero-order chi connectivity index (χ0) is 16.8. The highest BCUT2D eigenvalue weighted by atomic mass is 16.5. The monoisotopic (exact) mass is 314 g/mol. The van der Waals surface area contributed by atoms with E-state index in [1.54, 1.807) is 26.4 Å². The number of phenols is 2. The van der Waals surface area contributed by atoms with Gasteiger partial charge in [0.2, 0.25) is 0 Å². The Morgan fingerprint density at radius 1 is 1.13 bits per heavy atom. The molecular formula is C18H18O5. The van der Waals surface area contributed by atoms with E-state index >= 15 is 0 Å². The molecule has 0 radical (unpaired) electrons. The summed E-state index contributed by atoms with van der Waals surface area (Å²) < 4.78 is 10.4. The molecule has 0 heterocycles. The topological polar surface area (TPSA) is 76.0 Å². The van der Waals surface area contributed by atoms with Gasteiger partial charge in [-0.15, -0.1) is 0 Å². The van der Waals surface area contributed by atoms with Gasteiger partial charge in [-0.05, 0) is 35.9 Å². The zero-order valence-corrected chi connectivity index (χ0v) is 12.9. The highest BCUT2D eigenvalue weighted by Crippen LogP contribution is 2.24. The van der Waals surface area contributed by atoms with Gasteiger partial charge in [-0.3, -0.25) is 4.79 Å². The summed E-state index contributed by atoms with van der Waals surface area (Å²) in [5.41, 5.74) is 1.81. The summed E-state index contributed by atoms with van der Waals surface area (Å²) >= 11 is 0. The smallest absolute Gasteiger partial charge is 0.189 e. The predicted molar refractivity (Wildman–Crippen MR) is 86.8 cm³/mol. The second-order valence-electron chi connectivity index (χ2n) is 4.90. The third kappa shape index (κ3) is 4.11. The van der Waals surface area contributed by atoms with E-state index in [0.717, 1.165) is 17.2 Å². The van der Waals surface area contributed by atoms with Gasteiger partial charge >= 0.3 is 0 Å². The number of carbonyl (C=O) groups excluding carboxylic acids is 1. The molecule has 2 aromatic carbocycles. The van der Waals surface area contributed by atoms with Crippen molar-refractivity contribution in [2.75, 3.05) is 14.2 Å². The van der Waals surface area contributed by atoms with Crippen LogP contribution >= 0.6 is 0 Å². The number of ketones is 1. The first-order chi connectivity index (χ1) is 11.0. The van der Waals surface area contributed by atoms with E-state index in [2.05, 4.69) is 0 Å². The lowest BCUT2D eigenvalue weighted by Crippen LogP contribution is -1.96. The highest BCUT2D eigenvalue weighted by molar-refractivity contribution is 6.08. The van der Waals surface area contributed by atoms with Crippen molar-refractivity contribution in [3.63, 3.8) is 0 Å². The molecule has 0 aliphatic rings. The minimum absolute atomic E-state index is 0.0950. The average Bonchev–Trinajstić information content (AvgIpc) is 2.53. The molecule has 2 rings (SSSR count). The Labute approximate surface area is 134 Å². The van der Waals surface area contributed by atoms with Crippen molar-refractivity contribution in [2.45, 2.75) is 6.61 Å². The molecule has 0 atom stereocenters. The number of aromatic hydroxyl groups is 2. The molecule has 2 aromatic rings. The molecule has 5 nitrogen and oxygen atoms in total. The van der Waals surface area contributed by atoms with Crippen molar-refractivity contribution in [1.82, 2.24) is 0 Å². The van der Waals surface area contributed by atoms with Gasteiger partial charge in [-0.1, -0.05) is 12.1 Å². The normalized spacial score (nSPS) is 10.9. The van der Waals surface area contributed by atoms with Gasteiger partial charge < -0.3 is 19.7 Å². The fourth-order valence-electron chi connectivity index (χ4n) is 2.16. The Hall–Kier alpha value is -2.79. The number of hydrogen-bond donors (Lipinski definition) is 2. The fourth-order valence-corrected chi connectivity index (χ4v) is 2.16. The molecule has 2 N–H and O–H groups in total. The predicted octanol–water partition coefficient (Wildman–Crippen LogP) is 3.15. The summed E-state index contributed by atoms with van der Waals surface area (Å²) in [5.74, 6) is 0.00922. The first-order valence-electron chi connectivity index (χ1n) is 6.95. The lowest BCUT2D eigenvalue weighted by atomic mass is 10.1. The molecule has 0 aromatic heterocycles. The molecule has 0 saturated heterocycles.